The Morgan fingerprint density at radius 3 is 2.72 bits per heavy atom. The van der Waals surface area contributed by atoms with E-state index in [-0.39, 0.29) is 0 Å². The van der Waals surface area contributed by atoms with Crippen LogP contribution < -0.4 is 10.1 Å². The molecule has 0 spiro atoms. The Morgan fingerprint density at radius 1 is 1.28 bits per heavy atom. The summed E-state index contributed by atoms with van der Waals surface area (Å²) in [5.41, 5.74) is 1.34. The summed E-state index contributed by atoms with van der Waals surface area (Å²) in [5, 5.41) is 3.43. The van der Waals surface area contributed by atoms with Crippen molar-refractivity contribution in [2.24, 2.45) is 0 Å². The predicted octanol–water partition coefficient (Wildman–Crippen LogP) is 1.29. The SMILES string of the molecule is COCCOc1ccc(C2CNCCN2C)cc1. The van der Waals surface area contributed by atoms with Gasteiger partial charge in [-0.25, -0.2) is 0 Å². The first-order valence-corrected chi connectivity index (χ1v) is 6.44. The van der Waals surface area contributed by atoms with E-state index in [2.05, 4.69) is 29.4 Å². The van der Waals surface area contributed by atoms with E-state index in [1.165, 1.54) is 5.56 Å². The second-order valence-electron chi connectivity index (χ2n) is 4.61. The Morgan fingerprint density at radius 2 is 2.06 bits per heavy atom. The van der Waals surface area contributed by atoms with Crippen LogP contribution in [0.1, 0.15) is 11.6 Å². The molecule has 1 fully saturated rings. The second-order valence-corrected chi connectivity index (χ2v) is 4.61. The van der Waals surface area contributed by atoms with Gasteiger partial charge in [-0.15, -0.1) is 0 Å². The van der Waals surface area contributed by atoms with Crippen molar-refractivity contribution in [2.45, 2.75) is 6.04 Å². The maximum Gasteiger partial charge on any atom is 0.119 e. The van der Waals surface area contributed by atoms with Gasteiger partial charge >= 0.3 is 0 Å². The molecule has 1 aliphatic heterocycles. The number of methoxy groups -OCH3 is 1. The summed E-state index contributed by atoms with van der Waals surface area (Å²) in [4.78, 5) is 2.39. The molecule has 100 valence electrons. The summed E-state index contributed by atoms with van der Waals surface area (Å²) in [6.45, 7) is 4.40. The monoisotopic (exact) mass is 250 g/mol. The minimum Gasteiger partial charge on any atom is -0.491 e. The number of nitrogens with zero attached hydrogens (tertiary/aromatic N) is 1. The molecule has 2 rings (SSSR count). The maximum atomic E-state index is 5.56. The number of nitrogens with one attached hydrogen (secondary N) is 1. The van der Waals surface area contributed by atoms with Gasteiger partial charge in [0.1, 0.15) is 12.4 Å². The largest absolute Gasteiger partial charge is 0.491 e. The van der Waals surface area contributed by atoms with Crippen molar-refractivity contribution in [3.63, 3.8) is 0 Å². The zero-order valence-corrected chi connectivity index (χ0v) is 11.2. The summed E-state index contributed by atoms with van der Waals surface area (Å²) in [6.07, 6.45) is 0. The molecule has 0 bridgehead atoms. The second kappa shape index (κ2) is 6.73. The molecule has 0 aliphatic carbocycles. The van der Waals surface area contributed by atoms with Gasteiger partial charge in [-0.3, -0.25) is 4.90 Å². The third-order valence-corrected chi connectivity index (χ3v) is 3.33. The highest BCUT2D eigenvalue weighted by molar-refractivity contribution is 5.29. The number of likely N-dealkylation sites (N-methyl/N-ethyl adjacent to an activating group) is 1. The summed E-state index contributed by atoms with van der Waals surface area (Å²) >= 11 is 0. The van der Waals surface area contributed by atoms with Crippen LogP contribution in [0.25, 0.3) is 0 Å². The molecule has 1 saturated heterocycles. The van der Waals surface area contributed by atoms with Crippen LogP contribution in [-0.4, -0.2) is 51.9 Å². The van der Waals surface area contributed by atoms with E-state index in [4.69, 9.17) is 9.47 Å². The lowest BCUT2D eigenvalue weighted by atomic mass is 10.0. The van der Waals surface area contributed by atoms with Crippen LogP contribution >= 0.6 is 0 Å². The molecule has 1 N–H and O–H groups in total. The van der Waals surface area contributed by atoms with Crippen molar-refractivity contribution in [3.05, 3.63) is 29.8 Å². The van der Waals surface area contributed by atoms with Gasteiger partial charge in [0.05, 0.1) is 6.61 Å². The van der Waals surface area contributed by atoms with Crippen molar-refractivity contribution in [1.29, 1.82) is 0 Å². The van der Waals surface area contributed by atoms with Gasteiger partial charge in [0, 0.05) is 32.8 Å². The van der Waals surface area contributed by atoms with Crippen molar-refractivity contribution < 1.29 is 9.47 Å². The molecular formula is C14H22N2O2. The van der Waals surface area contributed by atoms with Crippen molar-refractivity contribution in [1.82, 2.24) is 10.2 Å². The molecular weight excluding hydrogens is 228 g/mol. The molecule has 4 heteroatoms. The molecule has 1 aromatic carbocycles. The third-order valence-electron chi connectivity index (χ3n) is 3.33. The van der Waals surface area contributed by atoms with E-state index in [9.17, 15) is 0 Å². The molecule has 1 aliphatic rings. The number of rotatable bonds is 5. The lowest BCUT2D eigenvalue weighted by molar-refractivity contribution is 0.146. The van der Waals surface area contributed by atoms with E-state index in [0.29, 0.717) is 19.3 Å². The first-order valence-electron chi connectivity index (χ1n) is 6.44. The van der Waals surface area contributed by atoms with Gasteiger partial charge < -0.3 is 14.8 Å². The quantitative estimate of drug-likeness (QED) is 0.798. The first kappa shape index (κ1) is 13.3. The lowest BCUT2D eigenvalue weighted by Crippen LogP contribution is -2.43. The van der Waals surface area contributed by atoms with E-state index in [0.717, 1.165) is 25.4 Å². The minimum absolute atomic E-state index is 0.465. The predicted molar refractivity (Wildman–Crippen MR) is 72.1 cm³/mol. The third kappa shape index (κ3) is 3.45. The molecule has 1 unspecified atom stereocenters. The summed E-state index contributed by atoms with van der Waals surface area (Å²) < 4.78 is 10.5. The molecule has 0 aromatic heterocycles. The maximum absolute atomic E-state index is 5.56. The van der Waals surface area contributed by atoms with Gasteiger partial charge in [-0.05, 0) is 24.7 Å². The van der Waals surface area contributed by atoms with Crippen LogP contribution in [0.2, 0.25) is 0 Å². The van der Waals surface area contributed by atoms with E-state index < -0.39 is 0 Å². The average molecular weight is 250 g/mol. The van der Waals surface area contributed by atoms with E-state index in [1.54, 1.807) is 7.11 Å². The van der Waals surface area contributed by atoms with Crippen LogP contribution in [0.3, 0.4) is 0 Å². The fourth-order valence-corrected chi connectivity index (χ4v) is 2.21. The van der Waals surface area contributed by atoms with Crippen LogP contribution in [0.5, 0.6) is 5.75 Å². The lowest BCUT2D eigenvalue weighted by Gasteiger charge is -2.33. The zero-order chi connectivity index (χ0) is 12.8. The van der Waals surface area contributed by atoms with Crippen molar-refractivity contribution >= 4 is 0 Å². The van der Waals surface area contributed by atoms with Gasteiger partial charge in [0.2, 0.25) is 0 Å². The van der Waals surface area contributed by atoms with Crippen LogP contribution in [0.15, 0.2) is 24.3 Å². The van der Waals surface area contributed by atoms with Gasteiger partial charge in [-0.2, -0.15) is 0 Å². The van der Waals surface area contributed by atoms with Crippen LogP contribution in [0.4, 0.5) is 0 Å². The molecule has 4 nitrogen and oxygen atoms in total. The molecule has 18 heavy (non-hydrogen) atoms. The molecule has 0 amide bonds. The van der Waals surface area contributed by atoms with Crippen molar-refractivity contribution in [3.8, 4) is 5.75 Å². The first-order chi connectivity index (χ1) is 8.81. The Bertz CT molecular complexity index is 353. The fourth-order valence-electron chi connectivity index (χ4n) is 2.21. The Kier molecular flexibility index (Phi) is 4.99. The number of benzene rings is 1. The Labute approximate surface area is 109 Å². The standard InChI is InChI=1S/C14H22N2O2/c1-16-8-7-15-11-14(16)12-3-5-13(6-4-12)18-10-9-17-2/h3-6,14-15H,7-11H2,1-2H3. The molecule has 0 saturated carbocycles. The highest BCUT2D eigenvalue weighted by atomic mass is 16.5. The minimum atomic E-state index is 0.465. The topological polar surface area (TPSA) is 33.7 Å². The molecule has 1 heterocycles. The van der Waals surface area contributed by atoms with Crippen LogP contribution in [-0.2, 0) is 4.74 Å². The molecule has 1 atom stereocenters. The summed E-state index contributed by atoms with van der Waals surface area (Å²) in [5.74, 6) is 0.905. The highest BCUT2D eigenvalue weighted by Crippen LogP contribution is 2.22. The number of ether oxygens (including phenoxy) is 2. The van der Waals surface area contributed by atoms with Gasteiger partial charge in [0.15, 0.2) is 0 Å². The van der Waals surface area contributed by atoms with Gasteiger partial charge in [-0.1, -0.05) is 12.1 Å². The Hall–Kier alpha value is -1.10. The summed E-state index contributed by atoms with van der Waals surface area (Å²) in [7, 11) is 3.85. The summed E-state index contributed by atoms with van der Waals surface area (Å²) in [6, 6.07) is 8.83. The smallest absolute Gasteiger partial charge is 0.119 e. The molecule has 0 radical (unpaired) electrons. The molecule has 1 aromatic rings. The zero-order valence-electron chi connectivity index (χ0n) is 11.2. The van der Waals surface area contributed by atoms with Crippen molar-refractivity contribution in [2.75, 3.05) is 47.0 Å². The number of hydrogen-bond acceptors (Lipinski definition) is 4. The Balaban J connectivity index is 1.94. The number of hydrogen-bond donors (Lipinski definition) is 1. The normalized spacial score (nSPS) is 20.9. The average Bonchev–Trinajstić information content (AvgIpc) is 2.41. The van der Waals surface area contributed by atoms with E-state index in [1.807, 2.05) is 12.1 Å². The van der Waals surface area contributed by atoms with E-state index >= 15 is 0 Å². The highest BCUT2D eigenvalue weighted by Gasteiger charge is 2.19. The van der Waals surface area contributed by atoms with Gasteiger partial charge in [0.25, 0.3) is 0 Å². The number of piperazine rings is 1. The fraction of sp³-hybridized carbons (Fsp3) is 0.571. The van der Waals surface area contributed by atoms with Crippen LogP contribution in [0, 0.1) is 0 Å².